The molecule has 0 bridgehead atoms. The third-order valence-electron chi connectivity index (χ3n) is 5.35. The van der Waals surface area contributed by atoms with Crippen LogP contribution in [0.15, 0.2) is 43.1 Å². The summed E-state index contributed by atoms with van der Waals surface area (Å²) in [6, 6.07) is 5.63. The summed E-state index contributed by atoms with van der Waals surface area (Å²) in [7, 11) is 1.49. The number of Topliss-reactive ketones (excluding diaryl/α,β-unsaturated/α-hetero) is 1. The Morgan fingerprint density at radius 1 is 1.22 bits per heavy atom. The number of hydrogen-bond donors (Lipinski definition) is 1. The zero-order chi connectivity index (χ0) is 21.4. The maximum Gasteiger partial charge on any atom is 0.294 e. The standard InChI is InChI=1S/C22H17N6O3.Y/c1-31-18-10-23-9-16-19(18)14(8-25-16)21(29)22(30)28-7-5-13-17(11-28)26-12-27-20(13)15-4-2-3-6-24-15;/h2-4,6,8,10,12,25H,5,7,11H2,1H3;/q-1;. The number of carbonyl (C=O) groups is 2. The number of aromatic amines is 1. The van der Waals surface area contributed by atoms with Gasteiger partial charge < -0.3 is 19.6 Å². The minimum absolute atomic E-state index is 0. The van der Waals surface area contributed by atoms with Crippen molar-refractivity contribution in [2.24, 2.45) is 0 Å². The van der Waals surface area contributed by atoms with Gasteiger partial charge in [0, 0.05) is 62.3 Å². The molecule has 1 radical (unpaired) electrons. The Morgan fingerprint density at radius 3 is 2.88 bits per heavy atom. The summed E-state index contributed by atoms with van der Waals surface area (Å²) in [4.78, 5) is 47.6. The smallest absolute Gasteiger partial charge is 0.294 e. The average Bonchev–Trinajstić information content (AvgIpc) is 3.27. The van der Waals surface area contributed by atoms with Crippen molar-refractivity contribution in [3.63, 3.8) is 0 Å². The van der Waals surface area contributed by atoms with Gasteiger partial charge in [0.2, 0.25) is 5.78 Å². The minimum atomic E-state index is -0.619. The van der Waals surface area contributed by atoms with Crippen LogP contribution in [0.1, 0.15) is 21.6 Å². The second-order valence-corrected chi connectivity index (χ2v) is 7.06. The summed E-state index contributed by atoms with van der Waals surface area (Å²) < 4.78 is 5.30. The molecule has 0 saturated carbocycles. The quantitative estimate of drug-likeness (QED) is 0.258. The van der Waals surface area contributed by atoms with Crippen molar-refractivity contribution in [1.82, 2.24) is 29.8 Å². The zero-order valence-electron chi connectivity index (χ0n) is 17.2. The summed E-state index contributed by atoms with van der Waals surface area (Å²) >= 11 is 0. The predicted octanol–water partition coefficient (Wildman–Crippen LogP) is 1.99. The van der Waals surface area contributed by atoms with E-state index in [1.807, 2.05) is 18.2 Å². The fourth-order valence-electron chi connectivity index (χ4n) is 3.83. The first-order chi connectivity index (χ1) is 15.2. The molecule has 0 saturated heterocycles. The SMILES string of the molecule is COc1cn[c-]c2[nH]cc(C(=O)C(=O)N3CCc4c(ncnc4-c4ccccn4)C3)c12.[Y]. The summed E-state index contributed by atoms with van der Waals surface area (Å²) in [6.07, 6.45) is 9.44. The van der Waals surface area contributed by atoms with Gasteiger partial charge in [-0.2, -0.15) is 0 Å². The van der Waals surface area contributed by atoms with E-state index in [9.17, 15) is 9.59 Å². The number of nitrogens with one attached hydrogen (secondary N) is 1. The number of pyridine rings is 2. The summed E-state index contributed by atoms with van der Waals surface area (Å²) in [5.41, 5.74) is 3.93. The van der Waals surface area contributed by atoms with E-state index in [-0.39, 0.29) is 44.8 Å². The zero-order valence-corrected chi connectivity index (χ0v) is 20.0. The van der Waals surface area contributed by atoms with Gasteiger partial charge in [0.25, 0.3) is 5.91 Å². The number of nitrogens with zero attached hydrogens (tertiary/aromatic N) is 5. The second kappa shape index (κ2) is 9.22. The third kappa shape index (κ3) is 3.82. The fourth-order valence-corrected chi connectivity index (χ4v) is 3.83. The number of methoxy groups -OCH3 is 1. The second-order valence-electron chi connectivity index (χ2n) is 7.06. The Hall–Kier alpha value is -3.04. The molecule has 0 aromatic carbocycles. The Morgan fingerprint density at radius 2 is 2.09 bits per heavy atom. The van der Waals surface area contributed by atoms with Crippen molar-refractivity contribution in [3.05, 3.63) is 66.1 Å². The van der Waals surface area contributed by atoms with E-state index in [1.165, 1.54) is 30.7 Å². The molecule has 4 aromatic heterocycles. The molecule has 1 aliphatic heterocycles. The molecule has 32 heavy (non-hydrogen) atoms. The van der Waals surface area contributed by atoms with Gasteiger partial charge in [-0.05, 0) is 36.5 Å². The van der Waals surface area contributed by atoms with Crippen LogP contribution in [0.5, 0.6) is 5.75 Å². The van der Waals surface area contributed by atoms with E-state index in [0.29, 0.717) is 29.6 Å². The molecule has 0 unspecified atom stereocenters. The number of ether oxygens (including phenoxy) is 1. The number of carbonyl (C=O) groups excluding carboxylic acids is 2. The molecule has 9 nitrogen and oxygen atoms in total. The first kappa shape index (κ1) is 22.2. The van der Waals surface area contributed by atoms with Crippen LogP contribution in [0.25, 0.3) is 22.3 Å². The molecule has 4 aromatic rings. The van der Waals surface area contributed by atoms with Crippen LogP contribution in [0.3, 0.4) is 0 Å². The van der Waals surface area contributed by atoms with Crippen LogP contribution in [0.2, 0.25) is 0 Å². The molecular weight excluding hydrogens is 485 g/mol. The van der Waals surface area contributed by atoms with Crippen molar-refractivity contribution in [3.8, 4) is 17.1 Å². The van der Waals surface area contributed by atoms with Crippen LogP contribution < -0.4 is 4.74 Å². The van der Waals surface area contributed by atoms with Gasteiger partial charge in [-0.3, -0.25) is 14.6 Å². The molecule has 5 rings (SSSR count). The van der Waals surface area contributed by atoms with Gasteiger partial charge >= 0.3 is 0 Å². The Balaban J connectivity index is 0.00000245. The van der Waals surface area contributed by atoms with Gasteiger partial charge in [0.1, 0.15) is 6.33 Å². The molecule has 157 valence electrons. The number of aromatic nitrogens is 5. The van der Waals surface area contributed by atoms with Gasteiger partial charge in [-0.1, -0.05) is 17.6 Å². The van der Waals surface area contributed by atoms with Crippen LogP contribution in [-0.4, -0.2) is 55.2 Å². The first-order valence-corrected chi connectivity index (χ1v) is 9.67. The Bertz CT molecular complexity index is 1310. The van der Waals surface area contributed by atoms with Crippen molar-refractivity contribution in [1.29, 1.82) is 0 Å². The van der Waals surface area contributed by atoms with E-state index in [2.05, 4.69) is 31.1 Å². The van der Waals surface area contributed by atoms with Crippen molar-refractivity contribution >= 4 is 22.6 Å². The van der Waals surface area contributed by atoms with Gasteiger partial charge in [-0.25, -0.2) is 9.97 Å². The van der Waals surface area contributed by atoms with E-state index in [4.69, 9.17) is 4.74 Å². The van der Waals surface area contributed by atoms with Crippen molar-refractivity contribution in [2.75, 3.05) is 13.7 Å². The average molecular weight is 502 g/mol. The molecule has 10 heteroatoms. The Labute approximate surface area is 208 Å². The summed E-state index contributed by atoms with van der Waals surface area (Å²) in [5, 5.41) is 0.494. The van der Waals surface area contributed by atoms with Crippen molar-refractivity contribution < 1.29 is 47.0 Å². The van der Waals surface area contributed by atoms with Crippen molar-refractivity contribution in [2.45, 2.75) is 13.0 Å². The number of ketones is 1. The van der Waals surface area contributed by atoms with Crippen LogP contribution in [0.4, 0.5) is 0 Å². The molecule has 0 spiro atoms. The first-order valence-electron chi connectivity index (χ1n) is 9.67. The number of rotatable bonds is 4. The third-order valence-corrected chi connectivity index (χ3v) is 5.35. The largest absolute Gasteiger partial charge is 0.520 e. The molecule has 1 amide bonds. The van der Waals surface area contributed by atoms with Crippen LogP contribution >= 0.6 is 0 Å². The van der Waals surface area contributed by atoms with Crippen LogP contribution in [-0.2, 0) is 50.5 Å². The Kier molecular flexibility index (Phi) is 6.39. The van der Waals surface area contributed by atoms with E-state index in [1.54, 1.807) is 6.20 Å². The number of fused-ring (bicyclic) bond motifs is 2. The van der Waals surface area contributed by atoms with E-state index in [0.717, 1.165) is 22.6 Å². The topological polar surface area (TPSA) is 114 Å². The number of amides is 1. The molecule has 0 fully saturated rings. The van der Waals surface area contributed by atoms with Gasteiger partial charge in [0.15, 0.2) is 0 Å². The number of hydrogen-bond acceptors (Lipinski definition) is 7. The van der Waals surface area contributed by atoms with E-state index < -0.39 is 11.7 Å². The molecular formula is C22H17N6O3Y-. The number of H-pyrrole nitrogens is 1. The van der Waals surface area contributed by atoms with Gasteiger partial charge in [0.05, 0.1) is 30.7 Å². The van der Waals surface area contributed by atoms with E-state index >= 15 is 0 Å². The fraction of sp³-hybridized carbons (Fsp3) is 0.182. The predicted molar refractivity (Wildman–Crippen MR) is 110 cm³/mol. The molecule has 0 aliphatic carbocycles. The molecule has 1 N–H and O–H groups in total. The minimum Gasteiger partial charge on any atom is -0.520 e. The summed E-state index contributed by atoms with van der Waals surface area (Å²) in [6.45, 7) is 0.618. The maximum absolute atomic E-state index is 13.0. The molecule has 1 aliphatic rings. The molecule has 5 heterocycles. The monoisotopic (exact) mass is 502 g/mol. The molecule has 0 atom stereocenters. The van der Waals surface area contributed by atoms with Crippen LogP contribution in [0, 0.1) is 6.20 Å². The normalized spacial score (nSPS) is 12.7. The summed E-state index contributed by atoms with van der Waals surface area (Å²) in [5.74, 6) is -0.807. The maximum atomic E-state index is 13.0. The van der Waals surface area contributed by atoms with Gasteiger partial charge in [-0.15, -0.1) is 0 Å².